The lowest BCUT2D eigenvalue weighted by Crippen LogP contribution is -2.34. The van der Waals surface area contributed by atoms with E-state index in [1.807, 2.05) is 0 Å². The largest absolute Gasteiger partial charge is 0.358 e. The number of fused-ring (bicyclic) bond motifs is 3. The Bertz CT molecular complexity index is 662. The summed E-state index contributed by atoms with van der Waals surface area (Å²) in [4.78, 5) is 15.6. The minimum Gasteiger partial charge on any atom is -0.358 e. The summed E-state index contributed by atoms with van der Waals surface area (Å²) in [5.41, 5.74) is 3.24. The number of halogens is 1. The van der Waals surface area contributed by atoms with Crippen LogP contribution in [-0.2, 0) is 17.6 Å². The monoisotopic (exact) mass is 288 g/mol. The van der Waals surface area contributed by atoms with Crippen molar-refractivity contribution in [3.63, 3.8) is 0 Å². The van der Waals surface area contributed by atoms with Crippen molar-refractivity contribution in [3.05, 3.63) is 35.3 Å². The van der Waals surface area contributed by atoms with Crippen LogP contribution in [0.3, 0.4) is 0 Å². The first kappa shape index (κ1) is 14.1. The minimum atomic E-state index is -0.223. The lowest BCUT2D eigenvalue weighted by Gasteiger charge is -2.21. The van der Waals surface area contributed by atoms with E-state index in [4.69, 9.17) is 0 Å². The molecule has 2 N–H and O–H groups in total. The molecule has 1 aromatic carbocycles. The molecule has 1 aliphatic rings. The van der Waals surface area contributed by atoms with Gasteiger partial charge in [0.05, 0.1) is 0 Å². The van der Waals surface area contributed by atoms with Gasteiger partial charge in [0.25, 0.3) is 0 Å². The summed E-state index contributed by atoms with van der Waals surface area (Å²) in [5, 5.41) is 3.94. The number of benzene rings is 1. The van der Waals surface area contributed by atoms with E-state index in [1.165, 1.54) is 6.07 Å². The molecule has 0 aliphatic heterocycles. The van der Waals surface area contributed by atoms with E-state index < -0.39 is 0 Å². The molecule has 4 heteroatoms. The Morgan fingerprint density at radius 2 is 2.33 bits per heavy atom. The number of amides is 1. The molecule has 3 rings (SSSR count). The van der Waals surface area contributed by atoms with Crippen molar-refractivity contribution in [2.45, 2.75) is 39.0 Å². The Morgan fingerprint density at radius 1 is 1.48 bits per heavy atom. The van der Waals surface area contributed by atoms with Gasteiger partial charge in [0, 0.05) is 29.1 Å². The van der Waals surface area contributed by atoms with Gasteiger partial charge in [-0.25, -0.2) is 4.39 Å². The fourth-order valence-corrected chi connectivity index (χ4v) is 3.15. The Labute approximate surface area is 123 Å². The molecule has 1 atom stereocenters. The Morgan fingerprint density at radius 3 is 3.14 bits per heavy atom. The molecule has 0 saturated carbocycles. The van der Waals surface area contributed by atoms with E-state index >= 15 is 0 Å². The highest BCUT2D eigenvalue weighted by molar-refractivity contribution is 5.87. The molecule has 0 spiro atoms. The molecule has 0 fully saturated rings. The van der Waals surface area contributed by atoms with Gasteiger partial charge in [-0.3, -0.25) is 4.79 Å². The fraction of sp³-hybridized carbons (Fsp3) is 0.471. The number of hydrogen-bond donors (Lipinski definition) is 2. The van der Waals surface area contributed by atoms with Crippen molar-refractivity contribution in [2.24, 2.45) is 5.92 Å². The van der Waals surface area contributed by atoms with Gasteiger partial charge in [0.15, 0.2) is 0 Å². The van der Waals surface area contributed by atoms with Crippen LogP contribution in [-0.4, -0.2) is 17.4 Å². The molecule has 0 bridgehead atoms. The third-order valence-corrected chi connectivity index (χ3v) is 4.35. The normalized spacial score (nSPS) is 17.7. The third kappa shape index (κ3) is 2.80. The zero-order valence-electron chi connectivity index (χ0n) is 12.3. The van der Waals surface area contributed by atoms with Gasteiger partial charge < -0.3 is 10.3 Å². The smallest absolute Gasteiger partial charge is 0.223 e. The molecule has 0 radical (unpaired) electrons. The first-order chi connectivity index (χ1) is 10.2. The van der Waals surface area contributed by atoms with E-state index in [-0.39, 0.29) is 17.6 Å². The molecule has 0 saturated heterocycles. The lowest BCUT2D eigenvalue weighted by atomic mass is 9.86. The van der Waals surface area contributed by atoms with E-state index in [2.05, 4.69) is 17.2 Å². The number of carbonyl (C=O) groups is 1. The molecular weight excluding hydrogens is 267 g/mol. The first-order valence-electron chi connectivity index (χ1n) is 7.75. The molecule has 1 heterocycles. The second kappa shape index (κ2) is 5.88. The van der Waals surface area contributed by atoms with Crippen LogP contribution in [0.2, 0.25) is 0 Å². The van der Waals surface area contributed by atoms with Gasteiger partial charge in [0.1, 0.15) is 5.82 Å². The summed E-state index contributed by atoms with van der Waals surface area (Å²) in [6.07, 6.45) is 4.52. The highest BCUT2D eigenvalue weighted by Gasteiger charge is 2.27. The van der Waals surface area contributed by atoms with Crippen LogP contribution < -0.4 is 5.32 Å². The summed E-state index contributed by atoms with van der Waals surface area (Å²) in [5.74, 6) is -0.0738. The van der Waals surface area contributed by atoms with Gasteiger partial charge in [0.2, 0.25) is 5.91 Å². The molecule has 1 unspecified atom stereocenters. The molecule has 3 nitrogen and oxygen atoms in total. The number of aromatic nitrogens is 1. The van der Waals surface area contributed by atoms with Crippen molar-refractivity contribution < 1.29 is 9.18 Å². The van der Waals surface area contributed by atoms with Gasteiger partial charge in [-0.1, -0.05) is 13.3 Å². The summed E-state index contributed by atoms with van der Waals surface area (Å²) in [6, 6.07) is 4.82. The van der Waals surface area contributed by atoms with Crippen LogP contribution in [0, 0.1) is 11.7 Å². The number of carbonyl (C=O) groups excluding carboxylic acids is 1. The van der Waals surface area contributed by atoms with Crippen LogP contribution in [0.15, 0.2) is 18.2 Å². The maximum absolute atomic E-state index is 13.5. The predicted octanol–water partition coefficient (Wildman–Crippen LogP) is 3.33. The zero-order chi connectivity index (χ0) is 14.8. The molecular formula is C17H21FN2O. The van der Waals surface area contributed by atoms with Crippen LogP contribution >= 0.6 is 0 Å². The van der Waals surface area contributed by atoms with Crippen LogP contribution in [0.25, 0.3) is 10.9 Å². The van der Waals surface area contributed by atoms with Gasteiger partial charge in [-0.2, -0.15) is 0 Å². The third-order valence-electron chi connectivity index (χ3n) is 4.35. The predicted molar refractivity (Wildman–Crippen MR) is 81.7 cm³/mol. The number of nitrogens with one attached hydrogen (secondary N) is 2. The minimum absolute atomic E-state index is 0.0108. The quantitative estimate of drug-likeness (QED) is 0.833. The van der Waals surface area contributed by atoms with Crippen LogP contribution in [0.1, 0.15) is 37.4 Å². The standard InChI is InChI=1S/C17H21FN2O/c1-2-3-8-19-17(21)11-4-6-15-13(9-11)14-10-12(18)5-7-16(14)20-15/h5,7,10-11,20H,2-4,6,8-9H2,1H3,(H,19,21). The topological polar surface area (TPSA) is 44.9 Å². The van der Waals surface area contributed by atoms with Crippen LogP contribution in [0.5, 0.6) is 0 Å². The maximum atomic E-state index is 13.5. The first-order valence-corrected chi connectivity index (χ1v) is 7.75. The lowest BCUT2D eigenvalue weighted by molar-refractivity contribution is -0.125. The van der Waals surface area contributed by atoms with E-state index in [9.17, 15) is 9.18 Å². The summed E-state index contributed by atoms with van der Waals surface area (Å²) in [7, 11) is 0. The van der Waals surface area contributed by atoms with Gasteiger partial charge in [-0.15, -0.1) is 0 Å². The maximum Gasteiger partial charge on any atom is 0.223 e. The zero-order valence-corrected chi connectivity index (χ0v) is 12.3. The second-order valence-corrected chi connectivity index (χ2v) is 5.86. The summed E-state index contributed by atoms with van der Waals surface area (Å²) in [6.45, 7) is 2.86. The number of H-pyrrole nitrogens is 1. The molecule has 1 aromatic heterocycles. The Hall–Kier alpha value is -1.84. The number of hydrogen-bond acceptors (Lipinski definition) is 1. The summed E-state index contributed by atoms with van der Waals surface area (Å²) < 4.78 is 13.5. The van der Waals surface area contributed by atoms with Crippen LogP contribution in [0.4, 0.5) is 4.39 Å². The second-order valence-electron chi connectivity index (χ2n) is 5.86. The van der Waals surface area contributed by atoms with Gasteiger partial charge in [-0.05, 0) is 49.4 Å². The summed E-state index contributed by atoms with van der Waals surface area (Å²) >= 11 is 0. The highest BCUT2D eigenvalue weighted by Crippen LogP contribution is 2.32. The molecule has 2 aromatic rings. The molecule has 112 valence electrons. The van der Waals surface area contributed by atoms with Crippen molar-refractivity contribution >= 4 is 16.8 Å². The van der Waals surface area contributed by atoms with E-state index in [1.54, 1.807) is 12.1 Å². The molecule has 21 heavy (non-hydrogen) atoms. The molecule has 1 amide bonds. The number of aryl methyl sites for hydroxylation is 1. The number of aromatic amines is 1. The molecule has 1 aliphatic carbocycles. The average Bonchev–Trinajstić information content (AvgIpc) is 2.84. The van der Waals surface area contributed by atoms with Crippen molar-refractivity contribution in [1.82, 2.24) is 10.3 Å². The Kier molecular flexibility index (Phi) is 3.95. The van der Waals surface area contributed by atoms with E-state index in [0.717, 1.165) is 54.4 Å². The van der Waals surface area contributed by atoms with E-state index in [0.29, 0.717) is 6.42 Å². The van der Waals surface area contributed by atoms with Crippen molar-refractivity contribution in [1.29, 1.82) is 0 Å². The van der Waals surface area contributed by atoms with Crippen molar-refractivity contribution in [3.8, 4) is 0 Å². The van der Waals surface area contributed by atoms with Gasteiger partial charge >= 0.3 is 0 Å². The number of unbranched alkanes of at least 4 members (excludes halogenated alkanes) is 1. The Balaban J connectivity index is 1.79. The highest BCUT2D eigenvalue weighted by atomic mass is 19.1. The number of rotatable bonds is 4. The fourth-order valence-electron chi connectivity index (χ4n) is 3.15. The SMILES string of the molecule is CCCCNC(=O)C1CCc2[nH]c3ccc(F)cc3c2C1. The van der Waals surface area contributed by atoms with Crippen molar-refractivity contribution in [2.75, 3.05) is 6.54 Å². The average molecular weight is 288 g/mol.